The molecule has 0 radical (unpaired) electrons. The van der Waals surface area contributed by atoms with Gasteiger partial charge in [-0.05, 0) is 47.9 Å². The third kappa shape index (κ3) is 3.27. The van der Waals surface area contributed by atoms with Crippen LogP contribution in [0, 0.1) is 3.57 Å². The fourth-order valence-electron chi connectivity index (χ4n) is 3.20. The molecule has 0 bridgehead atoms. The minimum Gasteiger partial charge on any atom is -0.482 e. The molecule has 7 heteroatoms. The Labute approximate surface area is 164 Å². The van der Waals surface area contributed by atoms with Gasteiger partial charge < -0.3 is 14.0 Å². The number of carbonyl (C=O) groups excluding carboxylic acids is 2. The van der Waals surface area contributed by atoms with E-state index < -0.39 is 12.0 Å². The van der Waals surface area contributed by atoms with Crippen LogP contribution in [0.1, 0.15) is 41.1 Å². The number of Topliss-reactive ketones (excluding diaryl/α,β-unsaturated/α-hetero) is 1. The Balaban J connectivity index is 2.15. The molecule has 2 heterocycles. The van der Waals surface area contributed by atoms with E-state index >= 15 is 0 Å². The predicted molar refractivity (Wildman–Crippen MR) is 104 cm³/mol. The Morgan fingerprint density at radius 3 is 2.58 bits per heavy atom. The van der Waals surface area contributed by atoms with Gasteiger partial charge in [-0.25, -0.2) is 4.79 Å². The normalized spacial score (nSPS) is 15.4. The first kappa shape index (κ1) is 18.6. The van der Waals surface area contributed by atoms with E-state index in [4.69, 9.17) is 9.47 Å². The Morgan fingerprint density at radius 2 is 1.96 bits per heavy atom. The van der Waals surface area contributed by atoms with Crippen molar-refractivity contribution >= 4 is 34.3 Å². The standard InChI is InChI=1S/C19H18INO5/c1-11(22)13-8-9-14-15(20)17(23)18(16(21(13)14)19(24)25-2)26-10-12-6-4-3-5-7-12/h3-7,13H,8-10H2,1-2H3. The van der Waals surface area contributed by atoms with Crippen molar-refractivity contribution in [2.45, 2.75) is 32.4 Å². The fourth-order valence-corrected chi connectivity index (χ4v) is 3.98. The van der Waals surface area contributed by atoms with Crippen molar-refractivity contribution in [3.63, 3.8) is 0 Å². The molecule has 0 saturated heterocycles. The number of methoxy groups -OCH3 is 1. The van der Waals surface area contributed by atoms with E-state index in [0.717, 1.165) is 5.56 Å². The molecule has 1 atom stereocenters. The summed E-state index contributed by atoms with van der Waals surface area (Å²) in [5.74, 6) is -0.819. The van der Waals surface area contributed by atoms with Gasteiger partial charge in [-0.15, -0.1) is 0 Å². The van der Waals surface area contributed by atoms with Crippen LogP contribution in [-0.4, -0.2) is 23.4 Å². The first-order valence-electron chi connectivity index (χ1n) is 8.18. The van der Waals surface area contributed by atoms with Crippen LogP contribution in [0.3, 0.4) is 0 Å². The van der Waals surface area contributed by atoms with Crippen molar-refractivity contribution in [1.29, 1.82) is 0 Å². The Kier molecular flexibility index (Phi) is 5.45. The van der Waals surface area contributed by atoms with Gasteiger partial charge in [0.25, 0.3) is 0 Å². The van der Waals surface area contributed by atoms with Crippen LogP contribution in [0.5, 0.6) is 5.75 Å². The molecular weight excluding hydrogens is 449 g/mol. The zero-order valence-corrected chi connectivity index (χ0v) is 16.6. The minimum atomic E-state index is -0.684. The molecular formula is C19H18INO5. The second kappa shape index (κ2) is 7.61. The summed E-state index contributed by atoms with van der Waals surface area (Å²) >= 11 is 1.96. The van der Waals surface area contributed by atoms with Gasteiger partial charge in [-0.1, -0.05) is 30.3 Å². The summed E-state index contributed by atoms with van der Waals surface area (Å²) in [7, 11) is 1.25. The summed E-state index contributed by atoms with van der Waals surface area (Å²) < 4.78 is 12.7. The smallest absolute Gasteiger partial charge is 0.358 e. The number of pyridine rings is 1. The van der Waals surface area contributed by atoms with Gasteiger partial charge in [0.05, 0.1) is 16.7 Å². The Hall–Kier alpha value is -2.16. The highest BCUT2D eigenvalue weighted by atomic mass is 127. The quantitative estimate of drug-likeness (QED) is 0.500. The maximum Gasteiger partial charge on any atom is 0.358 e. The number of rotatable bonds is 5. The van der Waals surface area contributed by atoms with Crippen molar-refractivity contribution in [2.75, 3.05) is 7.11 Å². The van der Waals surface area contributed by atoms with E-state index in [2.05, 4.69) is 0 Å². The van der Waals surface area contributed by atoms with Crippen LogP contribution < -0.4 is 10.2 Å². The van der Waals surface area contributed by atoms with Crippen LogP contribution in [0.4, 0.5) is 0 Å². The van der Waals surface area contributed by atoms with E-state index in [1.165, 1.54) is 14.0 Å². The summed E-state index contributed by atoms with van der Waals surface area (Å²) in [5, 5.41) is 0. The van der Waals surface area contributed by atoms with E-state index in [0.29, 0.717) is 22.1 Å². The van der Waals surface area contributed by atoms with Gasteiger partial charge in [0, 0.05) is 5.69 Å². The molecule has 1 aromatic carbocycles. The molecule has 1 aromatic heterocycles. The van der Waals surface area contributed by atoms with Crippen LogP contribution >= 0.6 is 22.6 Å². The molecule has 1 aliphatic heterocycles. The summed E-state index contributed by atoms with van der Waals surface area (Å²) in [5.41, 5.74) is 1.22. The van der Waals surface area contributed by atoms with Crippen molar-refractivity contribution in [2.24, 2.45) is 0 Å². The highest BCUT2D eigenvalue weighted by Crippen LogP contribution is 2.34. The minimum absolute atomic E-state index is 0.0153. The fraction of sp³-hybridized carbons (Fsp3) is 0.316. The van der Waals surface area contributed by atoms with Gasteiger partial charge >= 0.3 is 5.97 Å². The van der Waals surface area contributed by atoms with Crippen molar-refractivity contribution in [3.8, 4) is 5.75 Å². The number of aromatic nitrogens is 1. The zero-order valence-electron chi connectivity index (χ0n) is 14.5. The van der Waals surface area contributed by atoms with E-state index in [1.807, 2.05) is 52.9 Å². The molecule has 0 N–H and O–H groups in total. The third-order valence-corrected chi connectivity index (χ3v) is 5.56. The Bertz CT molecular complexity index is 920. The second-order valence-electron chi connectivity index (χ2n) is 6.07. The SMILES string of the molecule is COC(=O)c1c(OCc2ccccc2)c(=O)c(I)c2n1C(C(C)=O)CC2. The lowest BCUT2D eigenvalue weighted by atomic mass is 10.1. The number of fused-ring (bicyclic) bond motifs is 1. The number of ketones is 1. The van der Waals surface area contributed by atoms with Gasteiger partial charge in [0.1, 0.15) is 6.61 Å². The molecule has 2 aromatic rings. The Morgan fingerprint density at radius 1 is 1.27 bits per heavy atom. The lowest BCUT2D eigenvalue weighted by Crippen LogP contribution is -2.28. The first-order chi connectivity index (χ1) is 12.5. The van der Waals surface area contributed by atoms with Gasteiger partial charge in [0.15, 0.2) is 17.2 Å². The molecule has 136 valence electrons. The van der Waals surface area contributed by atoms with Crippen molar-refractivity contribution in [1.82, 2.24) is 4.57 Å². The monoisotopic (exact) mass is 467 g/mol. The molecule has 0 fully saturated rings. The summed E-state index contributed by atoms with van der Waals surface area (Å²) in [6.07, 6.45) is 1.11. The number of esters is 1. The van der Waals surface area contributed by atoms with E-state index in [9.17, 15) is 14.4 Å². The third-order valence-electron chi connectivity index (χ3n) is 4.45. The average molecular weight is 467 g/mol. The second-order valence-corrected chi connectivity index (χ2v) is 7.15. The van der Waals surface area contributed by atoms with Crippen LogP contribution in [0.2, 0.25) is 0 Å². The molecule has 6 nitrogen and oxygen atoms in total. The van der Waals surface area contributed by atoms with Gasteiger partial charge in [-0.3, -0.25) is 9.59 Å². The number of benzene rings is 1. The van der Waals surface area contributed by atoms with Crippen molar-refractivity contribution < 1.29 is 19.1 Å². The zero-order chi connectivity index (χ0) is 18.8. The lowest BCUT2D eigenvalue weighted by molar-refractivity contribution is -0.119. The molecule has 0 amide bonds. The molecule has 26 heavy (non-hydrogen) atoms. The average Bonchev–Trinajstić information content (AvgIpc) is 3.09. The number of hydrogen-bond acceptors (Lipinski definition) is 5. The maximum absolute atomic E-state index is 12.8. The summed E-state index contributed by atoms with van der Waals surface area (Å²) in [6, 6.07) is 8.86. The molecule has 1 unspecified atom stereocenters. The number of halogens is 1. The van der Waals surface area contributed by atoms with E-state index in [1.54, 1.807) is 4.57 Å². The first-order valence-corrected chi connectivity index (χ1v) is 9.26. The summed E-state index contributed by atoms with van der Waals surface area (Å²) in [4.78, 5) is 37.4. The number of hydrogen-bond donors (Lipinski definition) is 0. The number of nitrogens with zero attached hydrogens (tertiary/aromatic N) is 1. The lowest BCUT2D eigenvalue weighted by Gasteiger charge is -2.20. The summed E-state index contributed by atoms with van der Waals surface area (Å²) in [6.45, 7) is 1.62. The molecule has 0 saturated carbocycles. The molecule has 3 rings (SSSR count). The topological polar surface area (TPSA) is 74.6 Å². The van der Waals surface area contributed by atoms with Crippen LogP contribution in [-0.2, 0) is 22.6 Å². The largest absolute Gasteiger partial charge is 0.482 e. The molecule has 0 spiro atoms. The van der Waals surface area contributed by atoms with Gasteiger partial charge in [0.2, 0.25) is 5.43 Å². The molecule has 0 aliphatic carbocycles. The number of carbonyl (C=O) groups is 2. The predicted octanol–water partition coefficient (Wildman–Crippen LogP) is 2.89. The highest BCUT2D eigenvalue weighted by molar-refractivity contribution is 14.1. The van der Waals surface area contributed by atoms with Gasteiger partial charge in [-0.2, -0.15) is 0 Å². The van der Waals surface area contributed by atoms with E-state index in [-0.39, 0.29) is 29.3 Å². The number of ether oxygens (including phenoxy) is 2. The van der Waals surface area contributed by atoms with Crippen LogP contribution in [0.15, 0.2) is 35.1 Å². The highest BCUT2D eigenvalue weighted by Gasteiger charge is 2.35. The molecule has 1 aliphatic rings. The van der Waals surface area contributed by atoms with Crippen molar-refractivity contribution in [3.05, 3.63) is 61.1 Å². The van der Waals surface area contributed by atoms with Crippen LogP contribution in [0.25, 0.3) is 0 Å². The maximum atomic E-state index is 12.8.